The molecule has 0 aliphatic carbocycles. The molecule has 1 aliphatic rings. The Morgan fingerprint density at radius 1 is 1.17 bits per heavy atom. The van der Waals surface area contributed by atoms with Gasteiger partial charge in [-0.2, -0.15) is 0 Å². The molecular weight excluding hydrogens is 290 g/mol. The zero-order valence-electron chi connectivity index (χ0n) is 13.3. The van der Waals surface area contributed by atoms with E-state index in [2.05, 4.69) is 0 Å². The van der Waals surface area contributed by atoms with Crippen LogP contribution in [0.4, 0.5) is 0 Å². The smallest absolute Gasteiger partial charge is 0.256 e. The minimum absolute atomic E-state index is 0.0932. The zero-order chi connectivity index (χ0) is 16.4. The Morgan fingerprint density at radius 3 is 2.52 bits per heavy atom. The Kier molecular flexibility index (Phi) is 4.35. The third kappa shape index (κ3) is 3.08. The highest BCUT2D eigenvalue weighted by atomic mass is 16.5. The molecule has 0 saturated heterocycles. The van der Waals surface area contributed by atoms with Gasteiger partial charge in [0, 0.05) is 13.5 Å². The van der Waals surface area contributed by atoms with Crippen LogP contribution in [0.15, 0.2) is 54.6 Å². The predicted molar refractivity (Wildman–Crippen MR) is 88.2 cm³/mol. The number of ether oxygens (including phenoxy) is 1. The highest BCUT2D eigenvalue weighted by Gasteiger charge is 2.33. The van der Waals surface area contributed by atoms with Crippen molar-refractivity contribution >= 4 is 5.91 Å². The van der Waals surface area contributed by atoms with Crippen molar-refractivity contribution in [2.45, 2.75) is 31.6 Å². The van der Waals surface area contributed by atoms with Crippen molar-refractivity contribution in [2.24, 2.45) is 0 Å². The quantitative estimate of drug-likeness (QED) is 0.944. The van der Waals surface area contributed by atoms with Crippen LogP contribution in [0.1, 0.15) is 24.2 Å². The van der Waals surface area contributed by atoms with Crippen LogP contribution in [0.5, 0.6) is 5.75 Å². The molecule has 1 aliphatic heterocycles. The maximum Gasteiger partial charge on any atom is 0.256 e. The Morgan fingerprint density at radius 2 is 1.83 bits per heavy atom. The molecule has 0 saturated carbocycles. The first kappa shape index (κ1) is 15.6. The van der Waals surface area contributed by atoms with Gasteiger partial charge in [-0.25, -0.2) is 0 Å². The van der Waals surface area contributed by atoms with E-state index in [0.717, 1.165) is 17.7 Å². The van der Waals surface area contributed by atoms with Gasteiger partial charge in [-0.05, 0) is 24.1 Å². The van der Waals surface area contributed by atoms with Gasteiger partial charge < -0.3 is 14.7 Å². The summed E-state index contributed by atoms with van der Waals surface area (Å²) >= 11 is 0. The molecule has 0 bridgehead atoms. The van der Waals surface area contributed by atoms with Gasteiger partial charge in [-0.15, -0.1) is 0 Å². The highest BCUT2D eigenvalue weighted by Crippen LogP contribution is 2.31. The molecule has 0 unspecified atom stereocenters. The Labute approximate surface area is 136 Å². The first-order valence-corrected chi connectivity index (χ1v) is 7.82. The summed E-state index contributed by atoms with van der Waals surface area (Å²) in [6.07, 6.45) is -0.465. The van der Waals surface area contributed by atoms with E-state index in [4.69, 9.17) is 4.74 Å². The lowest BCUT2D eigenvalue weighted by Crippen LogP contribution is -2.46. The lowest BCUT2D eigenvalue weighted by atomic mass is 10.0. The normalized spacial score (nSPS) is 18.7. The van der Waals surface area contributed by atoms with Gasteiger partial charge in [-0.3, -0.25) is 4.79 Å². The number of nitrogens with zero attached hydrogens (tertiary/aromatic N) is 1. The molecule has 2 aromatic carbocycles. The monoisotopic (exact) mass is 311 g/mol. The number of benzene rings is 2. The molecule has 1 heterocycles. The molecule has 1 N–H and O–H groups in total. The van der Waals surface area contributed by atoms with E-state index in [1.54, 1.807) is 24.1 Å². The molecule has 4 heteroatoms. The lowest BCUT2D eigenvalue weighted by Gasteiger charge is -2.30. The van der Waals surface area contributed by atoms with E-state index >= 15 is 0 Å². The summed E-state index contributed by atoms with van der Waals surface area (Å²) in [4.78, 5) is 14.1. The highest BCUT2D eigenvalue weighted by molar-refractivity contribution is 5.82. The molecular formula is C19H21NO3. The van der Waals surface area contributed by atoms with E-state index < -0.39 is 6.10 Å². The van der Waals surface area contributed by atoms with Gasteiger partial charge in [0.05, 0.1) is 6.04 Å². The van der Waals surface area contributed by atoms with Gasteiger partial charge >= 0.3 is 0 Å². The number of fused-ring (bicyclic) bond motifs is 1. The summed E-state index contributed by atoms with van der Waals surface area (Å²) < 4.78 is 5.95. The number of aliphatic hydroxyl groups excluding tert-OH is 1. The van der Waals surface area contributed by atoms with Crippen molar-refractivity contribution in [1.29, 1.82) is 0 Å². The first-order chi connectivity index (χ1) is 11.1. The zero-order valence-corrected chi connectivity index (χ0v) is 13.3. The molecule has 0 aromatic heterocycles. The van der Waals surface area contributed by atoms with Crippen LogP contribution in [0.2, 0.25) is 0 Å². The molecule has 1 amide bonds. The second-order valence-electron chi connectivity index (χ2n) is 5.97. The van der Waals surface area contributed by atoms with Crippen molar-refractivity contribution in [3.8, 4) is 5.75 Å². The van der Waals surface area contributed by atoms with Crippen molar-refractivity contribution in [1.82, 2.24) is 4.90 Å². The largest absolute Gasteiger partial charge is 0.488 e. The fourth-order valence-corrected chi connectivity index (χ4v) is 2.90. The van der Waals surface area contributed by atoms with Crippen LogP contribution >= 0.6 is 0 Å². The number of carbonyl (C=O) groups is 1. The van der Waals surface area contributed by atoms with Gasteiger partial charge in [0.1, 0.15) is 11.9 Å². The molecule has 0 fully saturated rings. The van der Waals surface area contributed by atoms with E-state index in [9.17, 15) is 9.90 Å². The molecule has 2 aromatic rings. The number of carbonyl (C=O) groups excluding carboxylic acids is 1. The van der Waals surface area contributed by atoms with Gasteiger partial charge in [0.2, 0.25) is 0 Å². The van der Waals surface area contributed by atoms with Gasteiger partial charge in [-0.1, -0.05) is 48.5 Å². The molecule has 0 spiro atoms. The fourth-order valence-electron chi connectivity index (χ4n) is 2.90. The minimum atomic E-state index is -1.15. The SMILES string of the molecule is C[C@@H]([C@H]1Cc2ccccc2O1)N(C)C(=O)[C@@H](O)c1ccccc1. The van der Waals surface area contributed by atoms with Crippen molar-refractivity contribution < 1.29 is 14.6 Å². The van der Waals surface area contributed by atoms with Crippen molar-refractivity contribution in [3.63, 3.8) is 0 Å². The topological polar surface area (TPSA) is 49.8 Å². The standard InChI is InChI=1S/C19H21NO3/c1-13(17-12-15-10-6-7-11-16(15)23-17)20(2)19(22)18(21)14-8-4-3-5-9-14/h3-11,13,17-18,21H,12H2,1-2H3/t13-,17+,18-/m0/s1. The molecule has 23 heavy (non-hydrogen) atoms. The van der Waals surface area contributed by atoms with Crippen LogP contribution in [-0.2, 0) is 11.2 Å². The number of amides is 1. The number of aliphatic hydroxyl groups is 1. The summed E-state index contributed by atoms with van der Waals surface area (Å²) in [7, 11) is 1.71. The third-order valence-corrected chi connectivity index (χ3v) is 4.52. The summed E-state index contributed by atoms with van der Waals surface area (Å²) in [6.45, 7) is 1.95. The lowest BCUT2D eigenvalue weighted by molar-refractivity contribution is -0.142. The summed E-state index contributed by atoms with van der Waals surface area (Å²) in [6, 6.07) is 16.8. The average molecular weight is 311 g/mol. The van der Waals surface area contributed by atoms with Gasteiger partial charge in [0.25, 0.3) is 5.91 Å². The summed E-state index contributed by atoms with van der Waals surface area (Å²) in [5.74, 6) is 0.567. The van der Waals surface area contributed by atoms with Crippen molar-refractivity contribution in [2.75, 3.05) is 7.05 Å². The van der Waals surface area contributed by atoms with E-state index in [1.165, 1.54) is 0 Å². The first-order valence-electron chi connectivity index (χ1n) is 7.82. The van der Waals surface area contributed by atoms with E-state index in [0.29, 0.717) is 5.56 Å². The van der Waals surface area contributed by atoms with Crippen LogP contribution in [0.25, 0.3) is 0 Å². The fraction of sp³-hybridized carbons (Fsp3) is 0.316. The van der Waals surface area contributed by atoms with E-state index in [1.807, 2.05) is 49.4 Å². The van der Waals surface area contributed by atoms with E-state index in [-0.39, 0.29) is 18.1 Å². The van der Waals surface area contributed by atoms with Crippen LogP contribution in [0, 0.1) is 0 Å². The molecule has 4 nitrogen and oxygen atoms in total. The Hall–Kier alpha value is -2.33. The number of para-hydroxylation sites is 1. The number of hydrogen-bond donors (Lipinski definition) is 1. The summed E-state index contributed by atoms with van der Waals surface area (Å²) in [5.41, 5.74) is 1.76. The number of likely N-dealkylation sites (N-methyl/N-ethyl adjacent to an activating group) is 1. The second kappa shape index (κ2) is 6.42. The third-order valence-electron chi connectivity index (χ3n) is 4.52. The Balaban J connectivity index is 1.68. The van der Waals surface area contributed by atoms with Crippen molar-refractivity contribution in [3.05, 3.63) is 65.7 Å². The molecule has 3 atom stereocenters. The molecule has 0 radical (unpaired) electrons. The van der Waals surface area contributed by atoms with Gasteiger partial charge in [0.15, 0.2) is 6.10 Å². The second-order valence-corrected chi connectivity index (χ2v) is 5.97. The minimum Gasteiger partial charge on any atom is -0.488 e. The number of hydrogen-bond acceptors (Lipinski definition) is 3. The van der Waals surface area contributed by atoms with Crippen LogP contribution in [0.3, 0.4) is 0 Å². The predicted octanol–water partition coefficient (Wildman–Crippen LogP) is 2.57. The molecule has 3 rings (SSSR count). The maximum atomic E-state index is 12.5. The molecule has 120 valence electrons. The maximum absolute atomic E-state index is 12.5. The van der Waals surface area contributed by atoms with Crippen LogP contribution < -0.4 is 4.74 Å². The summed E-state index contributed by atoms with van der Waals surface area (Å²) in [5, 5.41) is 10.3. The van der Waals surface area contributed by atoms with Crippen LogP contribution in [-0.4, -0.2) is 35.1 Å². The Bertz CT molecular complexity index is 661. The average Bonchev–Trinajstić information content (AvgIpc) is 3.04. The number of rotatable bonds is 4.